The third kappa shape index (κ3) is 4.67. The second kappa shape index (κ2) is 6.86. The SMILES string of the molecule is COCCN(CCBr)Cc1nnn(C)n1. The first-order valence-electron chi connectivity index (χ1n) is 4.76. The minimum Gasteiger partial charge on any atom is -0.383 e. The van der Waals surface area contributed by atoms with E-state index in [0.29, 0.717) is 13.2 Å². The van der Waals surface area contributed by atoms with Crippen LogP contribution >= 0.6 is 15.9 Å². The van der Waals surface area contributed by atoms with E-state index in [1.807, 2.05) is 0 Å². The zero-order valence-electron chi connectivity index (χ0n) is 9.06. The molecule has 1 heterocycles. The molecular formula is C8H16BrN5O. The van der Waals surface area contributed by atoms with Gasteiger partial charge in [0.2, 0.25) is 0 Å². The summed E-state index contributed by atoms with van der Waals surface area (Å²) < 4.78 is 5.04. The number of halogens is 1. The molecule has 0 amide bonds. The van der Waals surface area contributed by atoms with Crippen molar-refractivity contribution in [1.29, 1.82) is 0 Å². The molecule has 0 unspecified atom stereocenters. The van der Waals surface area contributed by atoms with Crippen LogP contribution in [-0.4, -0.2) is 57.2 Å². The average molecular weight is 278 g/mol. The van der Waals surface area contributed by atoms with Crippen molar-refractivity contribution in [2.75, 3.05) is 32.1 Å². The summed E-state index contributed by atoms with van der Waals surface area (Å²) in [6, 6.07) is 0. The van der Waals surface area contributed by atoms with E-state index in [0.717, 1.165) is 24.2 Å². The minimum absolute atomic E-state index is 0.711. The number of alkyl halides is 1. The van der Waals surface area contributed by atoms with Crippen LogP contribution in [0.3, 0.4) is 0 Å². The van der Waals surface area contributed by atoms with Crippen molar-refractivity contribution in [3.8, 4) is 0 Å². The summed E-state index contributed by atoms with van der Waals surface area (Å²) >= 11 is 3.42. The van der Waals surface area contributed by atoms with Crippen LogP contribution in [0.15, 0.2) is 0 Å². The van der Waals surface area contributed by atoms with Gasteiger partial charge in [-0.25, -0.2) is 0 Å². The second-order valence-electron chi connectivity index (χ2n) is 3.15. The van der Waals surface area contributed by atoms with Crippen molar-refractivity contribution in [2.45, 2.75) is 6.54 Å². The lowest BCUT2D eigenvalue weighted by Gasteiger charge is -2.18. The van der Waals surface area contributed by atoms with Crippen LogP contribution < -0.4 is 0 Å². The Bertz CT molecular complexity index is 280. The topological polar surface area (TPSA) is 56.1 Å². The summed E-state index contributed by atoms with van der Waals surface area (Å²) in [5, 5.41) is 12.8. The summed E-state index contributed by atoms with van der Waals surface area (Å²) in [4.78, 5) is 3.69. The molecule has 0 saturated heterocycles. The summed E-state index contributed by atoms with van der Waals surface area (Å²) in [6.07, 6.45) is 0. The molecule has 0 aromatic carbocycles. The van der Waals surface area contributed by atoms with Gasteiger partial charge in [-0.15, -0.1) is 10.2 Å². The molecule has 0 saturated carbocycles. The number of nitrogens with zero attached hydrogens (tertiary/aromatic N) is 5. The van der Waals surface area contributed by atoms with E-state index in [9.17, 15) is 0 Å². The summed E-state index contributed by atoms with van der Waals surface area (Å²) in [5.74, 6) is 0.745. The molecule has 0 radical (unpaired) electrons. The van der Waals surface area contributed by atoms with Gasteiger partial charge in [0.25, 0.3) is 0 Å². The number of hydrogen-bond acceptors (Lipinski definition) is 5. The molecule has 0 atom stereocenters. The van der Waals surface area contributed by atoms with E-state index >= 15 is 0 Å². The Morgan fingerprint density at radius 1 is 1.47 bits per heavy atom. The van der Waals surface area contributed by atoms with Crippen LogP contribution in [0, 0.1) is 0 Å². The van der Waals surface area contributed by atoms with Crippen molar-refractivity contribution in [3.05, 3.63) is 5.82 Å². The van der Waals surface area contributed by atoms with Crippen LogP contribution in [0.2, 0.25) is 0 Å². The van der Waals surface area contributed by atoms with Gasteiger partial charge in [0.05, 0.1) is 20.2 Å². The molecular weight excluding hydrogens is 262 g/mol. The quantitative estimate of drug-likeness (QED) is 0.660. The maximum Gasteiger partial charge on any atom is 0.188 e. The highest BCUT2D eigenvalue weighted by atomic mass is 79.9. The summed E-state index contributed by atoms with van der Waals surface area (Å²) in [7, 11) is 3.47. The predicted molar refractivity (Wildman–Crippen MR) is 59.7 cm³/mol. The van der Waals surface area contributed by atoms with Crippen LogP contribution in [0.5, 0.6) is 0 Å². The van der Waals surface area contributed by atoms with Gasteiger partial charge >= 0.3 is 0 Å². The molecule has 1 rings (SSSR count). The van der Waals surface area contributed by atoms with E-state index in [1.165, 1.54) is 4.80 Å². The van der Waals surface area contributed by atoms with Gasteiger partial charge in [0, 0.05) is 25.5 Å². The maximum atomic E-state index is 5.04. The van der Waals surface area contributed by atoms with Gasteiger partial charge in [-0.2, -0.15) is 4.80 Å². The molecule has 6 nitrogen and oxygen atoms in total. The van der Waals surface area contributed by atoms with Crippen LogP contribution in [-0.2, 0) is 18.3 Å². The standard InChI is InChI=1S/C8H16BrN5O/c1-13-11-8(10-12-13)7-14(4-3-9)5-6-15-2/h3-7H2,1-2H3. The van der Waals surface area contributed by atoms with Gasteiger partial charge in [0.1, 0.15) is 0 Å². The van der Waals surface area contributed by atoms with Gasteiger partial charge in [-0.1, -0.05) is 15.9 Å². The fraction of sp³-hybridized carbons (Fsp3) is 0.875. The predicted octanol–water partition coefficient (Wildman–Crippen LogP) is 0.0534. The summed E-state index contributed by atoms with van der Waals surface area (Å²) in [6.45, 7) is 3.25. The fourth-order valence-corrected chi connectivity index (χ4v) is 1.70. The first-order chi connectivity index (χ1) is 7.26. The Labute approximate surface area is 97.7 Å². The molecule has 0 N–H and O–H groups in total. The molecule has 0 aliphatic heterocycles. The van der Waals surface area contributed by atoms with Crippen molar-refractivity contribution in [1.82, 2.24) is 25.1 Å². The van der Waals surface area contributed by atoms with Crippen LogP contribution in [0.25, 0.3) is 0 Å². The smallest absolute Gasteiger partial charge is 0.188 e. The first-order valence-corrected chi connectivity index (χ1v) is 5.88. The van der Waals surface area contributed by atoms with Crippen LogP contribution in [0.4, 0.5) is 0 Å². The molecule has 0 spiro atoms. The molecule has 0 fully saturated rings. The van der Waals surface area contributed by atoms with Crippen molar-refractivity contribution in [3.63, 3.8) is 0 Å². The van der Waals surface area contributed by atoms with E-state index in [4.69, 9.17) is 4.74 Å². The van der Waals surface area contributed by atoms with Crippen molar-refractivity contribution < 1.29 is 4.74 Å². The molecule has 0 aliphatic rings. The Morgan fingerprint density at radius 3 is 2.80 bits per heavy atom. The monoisotopic (exact) mass is 277 g/mol. The zero-order chi connectivity index (χ0) is 11.1. The molecule has 0 aliphatic carbocycles. The molecule has 86 valence electrons. The highest BCUT2D eigenvalue weighted by Crippen LogP contribution is 1.98. The number of aromatic nitrogens is 4. The molecule has 15 heavy (non-hydrogen) atoms. The maximum absolute atomic E-state index is 5.04. The zero-order valence-corrected chi connectivity index (χ0v) is 10.6. The van der Waals surface area contributed by atoms with Gasteiger partial charge in [0.15, 0.2) is 5.82 Å². The Morgan fingerprint density at radius 2 is 2.27 bits per heavy atom. The van der Waals surface area contributed by atoms with Crippen molar-refractivity contribution >= 4 is 15.9 Å². The Kier molecular flexibility index (Phi) is 5.74. The number of methoxy groups -OCH3 is 1. The Balaban J connectivity index is 2.42. The van der Waals surface area contributed by atoms with Gasteiger partial charge in [-0.05, 0) is 5.21 Å². The summed E-state index contributed by atoms with van der Waals surface area (Å²) in [5.41, 5.74) is 0. The Hall–Kier alpha value is -0.530. The lowest BCUT2D eigenvalue weighted by molar-refractivity contribution is 0.146. The largest absolute Gasteiger partial charge is 0.383 e. The number of rotatable bonds is 7. The van der Waals surface area contributed by atoms with E-state index < -0.39 is 0 Å². The number of aryl methyl sites for hydroxylation is 1. The van der Waals surface area contributed by atoms with Crippen molar-refractivity contribution in [2.24, 2.45) is 7.05 Å². The van der Waals surface area contributed by atoms with E-state index in [2.05, 4.69) is 36.2 Å². The minimum atomic E-state index is 0.711. The highest BCUT2D eigenvalue weighted by molar-refractivity contribution is 9.09. The average Bonchev–Trinajstić information content (AvgIpc) is 2.61. The lowest BCUT2D eigenvalue weighted by Crippen LogP contribution is -2.29. The fourth-order valence-electron chi connectivity index (χ4n) is 1.20. The normalized spacial score (nSPS) is 11.2. The molecule has 1 aromatic heterocycles. The molecule has 7 heteroatoms. The number of hydrogen-bond donors (Lipinski definition) is 0. The highest BCUT2D eigenvalue weighted by Gasteiger charge is 2.08. The number of tetrazole rings is 1. The number of ether oxygens (including phenoxy) is 1. The third-order valence-corrected chi connectivity index (χ3v) is 2.28. The van der Waals surface area contributed by atoms with E-state index in [-0.39, 0.29) is 0 Å². The third-order valence-electron chi connectivity index (χ3n) is 1.93. The molecule has 0 bridgehead atoms. The second-order valence-corrected chi connectivity index (χ2v) is 3.95. The van der Waals surface area contributed by atoms with E-state index in [1.54, 1.807) is 14.2 Å². The first kappa shape index (κ1) is 12.5. The lowest BCUT2D eigenvalue weighted by atomic mass is 10.4. The van der Waals surface area contributed by atoms with Crippen LogP contribution in [0.1, 0.15) is 5.82 Å². The van der Waals surface area contributed by atoms with Gasteiger partial charge < -0.3 is 4.74 Å². The van der Waals surface area contributed by atoms with Gasteiger partial charge in [-0.3, -0.25) is 4.90 Å². The molecule has 1 aromatic rings.